The molecule has 0 fully saturated rings. The van der Waals surface area contributed by atoms with Crippen molar-refractivity contribution in [1.29, 1.82) is 0 Å². The first-order chi connectivity index (χ1) is 13.3. The second kappa shape index (κ2) is 9.62. The second-order valence-electron chi connectivity index (χ2n) is 5.53. The Morgan fingerprint density at radius 2 is 1.75 bits per heavy atom. The molecule has 2 aromatic rings. The van der Waals surface area contributed by atoms with Crippen LogP contribution in [0.15, 0.2) is 4.79 Å². The summed E-state index contributed by atoms with van der Waals surface area (Å²) in [6.07, 6.45) is 0. The molecule has 0 bridgehead atoms. The number of hydrogen-bond donors (Lipinski definition) is 2. The number of ether oxygens (including phenoxy) is 3. The van der Waals surface area contributed by atoms with Crippen molar-refractivity contribution in [2.24, 2.45) is 0 Å². The van der Waals surface area contributed by atoms with Crippen molar-refractivity contribution in [2.45, 2.75) is 20.8 Å². The lowest BCUT2D eigenvalue weighted by Gasteiger charge is -2.06. The highest BCUT2D eigenvalue weighted by molar-refractivity contribution is 7.19. The molecule has 0 aromatic carbocycles. The van der Waals surface area contributed by atoms with Gasteiger partial charge in [-0.3, -0.25) is 9.59 Å². The predicted octanol–water partition coefficient (Wildman–Crippen LogP) is 2.35. The number of rotatable bonds is 8. The largest absolute Gasteiger partial charge is 0.462 e. The number of nitrogens with one attached hydrogen (secondary N) is 2. The van der Waals surface area contributed by atoms with E-state index in [1.807, 2.05) is 0 Å². The highest BCUT2D eigenvalue weighted by Crippen LogP contribution is 2.34. The van der Waals surface area contributed by atoms with E-state index in [2.05, 4.69) is 10.3 Å². The Morgan fingerprint density at radius 1 is 1.04 bits per heavy atom. The van der Waals surface area contributed by atoms with Crippen LogP contribution in [0.4, 0.5) is 5.00 Å². The van der Waals surface area contributed by atoms with Crippen molar-refractivity contribution in [1.82, 2.24) is 4.98 Å². The molecule has 2 aromatic heterocycles. The first kappa shape index (κ1) is 21.8. The topological polar surface area (TPSA) is 124 Å². The lowest BCUT2D eigenvalue weighted by molar-refractivity contribution is 0.0392. The SMILES string of the molecule is CCOC(=O)c1c(NC(=O)c2sc(=O)[nH]c2C)sc(C(=O)OCCOC)c1C. The van der Waals surface area contributed by atoms with Gasteiger partial charge in [-0.25, -0.2) is 9.59 Å². The highest BCUT2D eigenvalue weighted by Gasteiger charge is 2.28. The fourth-order valence-electron chi connectivity index (χ4n) is 2.31. The molecule has 0 saturated carbocycles. The van der Waals surface area contributed by atoms with Crippen molar-refractivity contribution in [3.8, 4) is 0 Å². The van der Waals surface area contributed by atoms with E-state index in [-0.39, 0.29) is 45.0 Å². The maximum atomic E-state index is 12.5. The summed E-state index contributed by atoms with van der Waals surface area (Å²) < 4.78 is 15.0. The molecule has 0 aliphatic carbocycles. The number of thiophene rings is 1. The highest BCUT2D eigenvalue weighted by atomic mass is 32.1. The zero-order valence-corrected chi connectivity index (χ0v) is 17.4. The molecule has 28 heavy (non-hydrogen) atoms. The van der Waals surface area contributed by atoms with Crippen LogP contribution in [0.25, 0.3) is 0 Å². The van der Waals surface area contributed by atoms with Crippen molar-refractivity contribution < 1.29 is 28.6 Å². The summed E-state index contributed by atoms with van der Waals surface area (Å²) in [5, 5.41) is 2.75. The van der Waals surface area contributed by atoms with Gasteiger partial charge in [-0.15, -0.1) is 11.3 Å². The standard InChI is InChI=1S/C17H20N2O7S2/c1-5-25-15(21)10-8(2)11(16(22)26-7-6-24-4)27-14(10)19-13(20)12-9(3)18-17(23)28-12/h5-7H2,1-4H3,(H,18,23)(H,19,20). The van der Waals surface area contributed by atoms with E-state index in [9.17, 15) is 19.2 Å². The molecule has 0 spiro atoms. The van der Waals surface area contributed by atoms with E-state index in [0.717, 1.165) is 22.7 Å². The predicted molar refractivity (Wildman–Crippen MR) is 105 cm³/mol. The minimum absolute atomic E-state index is 0.0552. The van der Waals surface area contributed by atoms with Crippen LogP contribution in [0.1, 0.15) is 47.9 Å². The Kier molecular flexibility index (Phi) is 7.49. The molecule has 0 atom stereocenters. The van der Waals surface area contributed by atoms with Crippen LogP contribution in [0, 0.1) is 13.8 Å². The van der Waals surface area contributed by atoms with Gasteiger partial charge in [-0.2, -0.15) is 0 Å². The summed E-state index contributed by atoms with van der Waals surface area (Å²) in [7, 11) is 1.48. The molecule has 0 saturated heterocycles. The molecule has 0 aliphatic rings. The van der Waals surface area contributed by atoms with Crippen molar-refractivity contribution >= 4 is 45.5 Å². The Hall–Kier alpha value is -2.50. The van der Waals surface area contributed by atoms with E-state index in [0.29, 0.717) is 11.3 Å². The first-order valence-corrected chi connectivity index (χ1v) is 9.91. The van der Waals surface area contributed by atoms with Gasteiger partial charge in [-0.05, 0) is 26.3 Å². The van der Waals surface area contributed by atoms with Gasteiger partial charge in [0, 0.05) is 12.8 Å². The molecule has 11 heteroatoms. The molecule has 9 nitrogen and oxygen atoms in total. The van der Waals surface area contributed by atoms with Crippen LogP contribution < -0.4 is 10.2 Å². The Bertz CT molecular complexity index is 942. The zero-order chi connectivity index (χ0) is 20.8. The van der Waals surface area contributed by atoms with Gasteiger partial charge in [0.15, 0.2) is 0 Å². The van der Waals surface area contributed by atoms with Crippen LogP contribution in [0.2, 0.25) is 0 Å². The number of aromatic nitrogens is 1. The Labute approximate surface area is 168 Å². The summed E-state index contributed by atoms with van der Waals surface area (Å²) in [5.74, 6) is -1.86. The third-order valence-corrected chi connectivity index (χ3v) is 5.76. The van der Waals surface area contributed by atoms with Gasteiger partial charge in [0.25, 0.3) is 5.91 Å². The number of esters is 2. The van der Waals surface area contributed by atoms with Crippen molar-refractivity contribution in [3.63, 3.8) is 0 Å². The lowest BCUT2D eigenvalue weighted by Crippen LogP contribution is -2.15. The first-order valence-electron chi connectivity index (χ1n) is 8.27. The summed E-state index contributed by atoms with van der Waals surface area (Å²) in [6, 6.07) is 0. The number of aromatic amines is 1. The smallest absolute Gasteiger partial charge is 0.348 e. The molecule has 2 N–H and O–H groups in total. The van der Waals surface area contributed by atoms with Crippen LogP contribution >= 0.6 is 22.7 Å². The third kappa shape index (κ3) is 4.86. The number of carbonyl (C=O) groups excluding carboxylic acids is 3. The number of anilines is 1. The lowest BCUT2D eigenvalue weighted by atomic mass is 10.1. The van der Waals surface area contributed by atoms with Crippen LogP contribution in [-0.4, -0.2) is 49.8 Å². The average Bonchev–Trinajstić information content (AvgIpc) is 3.14. The van der Waals surface area contributed by atoms with E-state index in [1.165, 1.54) is 7.11 Å². The number of H-pyrrole nitrogens is 1. The molecule has 152 valence electrons. The van der Waals surface area contributed by atoms with Gasteiger partial charge in [0.2, 0.25) is 0 Å². The third-order valence-electron chi connectivity index (χ3n) is 3.59. The molecular weight excluding hydrogens is 408 g/mol. The normalized spacial score (nSPS) is 10.6. The van der Waals surface area contributed by atoms with Gasteiger partial charge in [0.1, 0.15) is 21.4 Å². The van der Waals surface area contributed by atoms with Gasteiger partial charge in [0.05, 0.1) is 18.8 Å². The maximum Gasteiger partial charge on any atom is 0.348 e. The fourth-order valence-corrected chi connectivity index (χ4v) is 4.13. The van der Waals surface area contributed by atoms with E-state index >= 15 is 0 Å². The van der Waals surface area contributed by atoms with E-state index < -0.39 is 17.8 Å². The van der Waals surface area contributed by atoms with Crippen molar-refractivity contribution in [2.75, 3.05) is 32.2 Å². The van der Waals surface area contributed by atoms with E-state index in [4.69, 9.17) is 14.2 Å². The number of carbonyl (C=O) groups is 3. The fraction of sp³-hybridized carbons (Fsp3) is 0.412. The Morgan fingerprint density at radius 3 is 2.32 bits per heavy atom. The van der Waals surface area contributed by atoms with E-state index in [1.54, 1.807) is 20.8 Å². The van der Waals surface area contributed by atoms with Gasteiger partial charge >= 0.3 is 16.8 Å². The van der Waals surface area contributed by atoms with Crippen LogP contribution in [0.3, 0.4) is 0 Å². The molecule has 0 aliphatic heterocycles. The Balaban J connectivity index is 2.38. The molecule has 1 amide bonds. The number of methoxy groups -OCH3 is 1. The number of amides is 1. The minimum atomic E-state index is -0.665. The number of hydrogen-bond acceptors (Lipinski definition) is 9. The summed E-state index contributed by atoms with van der Waals surface area (Å²) >= 11 is 1.67. The second-order valence-corrected chi connectivity index (χ2v) is 7.54. The van der Waals surface area contributed by atoms with Crippen LogP contribution in [0.5, 0.6) is 0 Å². The molecular formula is C17H20N2O7S2. The number of aryl methyl sites for hydroxylation is 1. The van der Waals surface area contributed by atoms with Gasteiger partial charge in [-0.1, -0.05) is 11.3 Å². The monoisotopic (exact) mass is 428 g/mol. The summed E-state index contributed by atoms with van der Waals surface area (Å²) in [5.41, 5.74) is 0.845. The quantitative estimate of drug-likeness (QED) is 0.488. The minimum Gasteiger partial charge on any atom is -0.462 e. The summed E-state index contributed by atoms with van der Waals surface area (Å²) in [6.45, 7) is 5.24. The summed E-state index contributed by atoms with van der Waals surface area (Å²) in [4.78, 5) is 51.2. The molecule has 2 rings (SSSR count). The zero-order valence-electron chi connectivity index (χ0n) is 15.8. The molecule has 2 heterocycles. The maximum absolute atomic E-state index is 12.5. The average molecular weight is 428 g/mol. The number of thiazole rings is 1. The van der Waals surface area contributed by atoms with Crippen LogP contribution in [-0.2, 0) is 14.2 Å². The van der Waals surface area contributed by atoms with Gasteiger partial charge < -0.3 is 24.5 Å². The molecule has 0 unspecified atom stereocenters. The molecule has 0 radical (unpaired) electrons. The van der Waals surface area contributed by atoms with Crippen molar-refractivity contribution in [3.05, 3.63) is 36.2 Å².